The molecular formula is C30H35N3O3. The third-order valence-electron chi connectivity index (χ3n) is 6.92. The fourth-order valence-electron chi connectivity index (χ4n) is 4.79. The summed E-state index contributed by atoms with van der Waals surface area (Å²) in [5, 5.41) is 3.04. The van der Waals surface area contributed by atoms with Crippen LogP contribution in [0.4, 0.5) is 5.82 Å². The van der Waals surface area contributed by atoms with Crippen molar-refractivity contribution < 1.29 is 14.3 Å². The molecular weight excluding hydrogens is 450 g/mol. The molecule has 1 aliphatic rings. The molecule has 188 valence electrons. The monoisotopic (exact) mass is 485 g/mol. The number of ether oxygens (including phenoxy) is 1. The van der Waals surface area contributed by atoms with Crippen LogP contribution in [0.1, 0.15) is 62.0 Å². The van der Waals surface area contributed by atoms with E-state index in [-0.39, 0.29) is 23.9 Å². The van der Waals surface area contributed by atoms with E-state index in [9.17, 15) is 9.59 Å². The number of methoxy groups -OCH3 is 1. The van der Waals surface area contributed by atoms with Crippen LogP contribution in [0.3, 0.4) is 0 Å². The fourth-order valence-corrected chi connectivity index (χ4v) is 4.79. The number of pyridine rings is 1. The smallest absolute Gasteiger partial charge is 0.254 e. The van der Waals surface area contributed by atoms with Crippen molar-refractivity contribution in [1.82, 2.24) is 9.88 Å². The molecule has 6 heteroatoms. The molecule has 1 saturated carbocycles. The molecule has 1 fully saturated rings. The lowest BCUT2D eigenvalue weighted by atomic mass is 9.95. The average molecular weight is 486 g/mol. The van der Waals surface area contributed by atoms with Crippen molar-refractivity contribution in [3.05, 3.63) is 77.4 Å². The summed E-state index contributed by atoms with van der Waals surface area (Å²) in [7, 11) is 1.63. The van der Waals surface area contributed by atoms with E-state index in [4.69, 9.17) is 9.72 Å². The maximum Gasteiger partial charge on any atom is 0.254 e. The van der Waals surface area contributed by atoms with Crippen LogP contribution in [0, 0.1) is 6.92 Å². The van der Waals surface area contributed by atoms with Gasteiger partial charge in [0.1, 0.15) is 11.6 Å². The van der Waals surface area contributed by atoms with E-state index in [2.05, 4.69) is 5.32 Å². The topological polar surface area (TPSA) is 71.5 Å². The molecule has 2 aromatic carbocycles. The van der Waals surface area contributed by atoms with Crippen molar-refractivity contribution >= 4 is 17.6 Å². The number of hydrogen-bond donors (Lipinski definition) is 1. The second-order valence-corrected chi connectivity index (χ2v) is 10.1. The van der Waals surface area contributed by atoms with Crippen LogP contribution in [0.5, 0.6) is 5.75 Å². The quantitative estimate of drug-likeness (QED) is 0.425. The summed E-state index contributed by atoms with van der Waals surface area (Å²) < 4.78 is 5.25. The van der Waals surface area contributed by atoms with Crippen molar-refractivity contribution in [2.45, 2.75) is 65.0 Å². The predicted octanol–water partition coefficient (Wildman–Crippen LogP) is 5.99. The molecule has 1 N–H and O–H groups in total. The summed E-state index contributed by atoms with van der Waals surface area (Å²) in [6.45, 7) is 10.1. The van der Waals surface area contributed by atoms with Crippen molar-refractivity contribution in [2.75, 3.05) is 12.4 Å². The minimum absolute atomic E-state index is 0.0190. The van der Waals surface area contributed by atoms with Gasteiger partial charge in [-0.1, -0.05) is 30.3 Å². The van der Waals surface area contributed by atoms with Gasteiger partial charge in [0, 0.05) is 23.2 Å². The van der Waals surface area contributed by atoms with Gasteiger partial charge in [-0.15, -0.1) is 0 Å². The molecule has 1 aliphatic carbocycles. The fraction of sp³-hybridized carbons (Fsp3) is 0.367. The number of rotatable bonds is 8. The van der Waals surface area contributed by atoms with Crippen LogP contribution >= 0.6 is 0 Å². The van der Waals surface area contributed by atoms with Gasteiger partial charge in [0.15, 0.2) is 0 Å². The average Bonchev–Trinajstić information content (AvgIpc) is 3.67. The van der Waals surface area contributed by atoms with E-state index in [1.54, 1.807) is 7.11 Å². The Labute approximate surface area is 213 Å². The Bertz CT molecular complexity index is 1240. The van der Waals surface area contributed by atoms with E-state index in [0.717, 1.165) is 41.0 Å². The Hall–Kier alpha value is -3.67. The van der Waals surface area contributed by atoms with Gasteiger partial charge in [-0.25, -0.2) is 4.98 Å². The zero-order chi connectivity index (χ0) is 26.0. The SMILES string of the molecule is COc1ccc(C2(C(=O)Nc3ccc(C)c(-c4ccc(C(=O)N(C(C)C)C(C)C)cc4)n3)CC2)cc1. The van der Waals surface area contributed by atoms with Gasteiger partial charge < -0.3 is 15.0 Å². The minimum atomic E-state index is -0.514. The summed E-state index contributed by atoms with van der Waals surface area (Å²) in [6.07, 6.45) is 1.62. The predicted molar refractivity (Wildman–Crippen MR) is 143 cm³/mol. The van der Waals surface area contributed by atoms with Crippen LogP contribution in [0.15, 0.2) is 60.7 Å². The van der Waals surface area contributed by atoms with Gasteiger partial charge in [-0.05, 0) is 88.9 Å². The molecule has 0 unspecified atom stereocenters. The first-order chi connectivity index (χ1) is 17.2. The summed E-state index contributed by atoms with van der Waals surface area (Å²) >= 11 is 0. The molecule has 4 rings (SSSR count). The number of benzene rings is 2. The molecule has 0 atom stereocenters. The molecule has 1 heterocycles. The lowest BCUT2D eigenvalue weighted by Gasteiger charge is -2.30. The highest BCUT2D eigenvalue weighted by Crippen LogP contribution is 2.49. The van der Waals surface area contributed by atoms with Crippen molar-refractivity contribution in [2.24, 2.45) is 0 Å². The Morgan fingerprint density at radius 3 is 2.06 bits per heavy atom. The molecule has 0 saturated heterocycles. The van der Waals surface area contributed by atoms with Gasteiger partial charge in [-0.3, -0.25) is 9.59 Å². The highest BCUT2D eigenvalue weighted by Gasteiger charge is 2.51. The Morgan fingerprint density at radius 1 is 0.917 bits per heavy atom. The number of nitrogens with zero attached hydrogens (tertiary/aromatic N) is 2. The zero-order valence-electron chi connectivity index (χ0n) is 22.0. The Kier molecular flexibility index (Phi) is 7.16. The first-order valence-corrected chi connectivity index (χ1v) is 12.5. The van der Waals surface area contributed by atoms with Gasteiger partial charge in [0.05, 0.1) is 18.2 Å². The van der Waals surface area contributed by atoms with Crippen LogP contribution < -0.4 is 10.1 Å². The highest BCUT2D eigenvalue weighted by molar-refractivity contribution is 6.01. The van der Waals surface area contributed by atoms with Gasteiger partial charge in [-0.2, -0.15) is 0 Å². The lowest BCUT2D eigenvalue weighted by molar-refractivity contribution is -0.118. The van der Waals surface area contributed by atoms with Gasteiger partial charge >= 0.3 is 0 Å². The molecule has 0 bridgehead atoms. The second-order valence-electron chi connectivity index (χ2n) is 10.1. The van der Waals surface area contributed by atoms with Crippen molar-refractivity contribution in [3.8, 4) is 17.0 Å². The third kappa shape index (κ3) is 4.99. The summed E-state index contributed by atoms with van der Waals surface area (Å²) in [6, 6.07) is 19.3. The van der Waals surface area contributed by atoms with E-state index in [0.29, 0.717) is 11.4 Å². The highest BCUT2D eigenvalue weighted by atomic mass is 16.5. The van der Waals surface area contributed by atoms with Crippen LogP contribution in [-0.2, 0) is 10.2 Å². The Morgan fingerprint density at radius 2 is 1.53 bits per heavy atom. The van der Waals surface area contributed by atoms with Crippen molar-refractivity contribution in [3.63, 3.8) is 0 Å². The summed E-state index contributed by atoms with van der Waals surface area (Å²) in [5.41, 5.74) is 3.81. The van der Waals surface area contributed by atoms with Crippen LogP contribution in [0.2, 0.25) is 0 Å². The molecule has 0 spiro atoms. The number of aromatic nitrogens is 1. The number of aryl methyl sites for hydroxylation is 1. The third-order valence-corrected chi connectivity index (χ3v) is 6.92. The second kappa shape index (κ2) is 10.1. The van der Waals surface area contributed by atoms with E-state index in [1.807, 2.05) is 100 Å². The molecule has 6 nitrogen and oxygen atoms in total. The normalized spacial score (nSPS) is 14.0. The molecule has 0 radical (unpaired) electrons. The molecule has 0 aliphatic heterocycles. The van der Waals surface area contributed by atoms with Gasteiger partial charge in [0.2, 0.25) is 5.91 Å². The number of nitrogens with one attached hydrogen (secondary N) is 1. The number of anilines is 1. The van der Waals surface area contributed by atoms with E-state index in [1.165, 1.54) is 0 Å². The lowest BCUT2D eigenvalue weighted by Crippen LogP contribution is -2.42. The number of hydrogen-bond acceptors (Lipinski definition) is 4. The standard InChI is InChI=1S/C30H35N3O3/c1-19(2)33(20(3)4)28(34)23-10-8-22(9-11-23)27-21(5)7-16-26(31-27)32-29(35)30(17-18-30)24-12-14-25(36-6)15-13-24/h7-16,19-20H,17-18H2,1-6H3,(H,31,32,35). The molecule has 3 aromatic rings. The Balaban J connectivity index is 1.53. The largest absolute Gasteiger partial charge is 0.497 e. The maximum atomic E-state index is 13.3. The zero-order valence-corrected chi connectivity index (χ0v) is 22.0. The number of carbonyl (C=O) groups excluding carboxylic acids is 2. The summed E-state index contributed by atoms with van der Waals surface area (Å²) in [5.74, 6) is 1.27. The minimum Gasteiger partial charge on any atom is -0.497 e. The number of carbonyl (C=O) groups is 2. The number of amides is 2. The van der Waals surface area contributed by atoms with E-state index >= 15 is 0 Å². The van der Waals surface area contributed by atoms with Crippen molar-refractivity contribution in [1.29, 1.82) is 0 Å². The van der Waals surface area contributed by atoms with E-state index < -0.39 is 5.41 Å². The molecule has 2 amide bonds. The maximum absolute atomic E-state index is 13.3. The molecule has 36 heavy (non-hydrogen) atoms. The first-order valence-electron chi connectivity index (χ1n) is 12.5. The first kappa shape index (κ1) is 25.4. The summed E-state index contributed by atoms with van der Waals surface area (Å²) in [4.78, 5) is 32.9. The van der Waals surface area contributed by atoms with Crippen LogP contribution in [0.25, 0.3) is 11.3 Å². The van der Waals surface area contributed by atoms with Gasteiger partial charge in [0.25, 0.3) is 5.91 Å². The molecule has 1 aromatic heterocycles. The van der Waals surface area contributed by atoms with Crippen LogP contribution in [-0.4, -0.2) is 40.9 Å².